The minimum absolute atomic E-state index is 0.159. The van der Waals surface area contributed by atoms with Crippen LogP contribution in [-0.4, -0.2) is 24.2 Å². The van der Waals surface area contributed by atoms with E-state index in [9.17, 15) is 4.39 Å². The van der Waals surface area contributed by atoms with E-state index >= 15 is 0 Å². The highest BCUT2D eigenvalue weighted by molar-refractivity contribution is 9.09. The highest BCUT2D eigenvalue weighted by atomic mass is 79.9. The second kappa shape index (κ2) is 3.67. The first-order valence-electron chi connectivity index (χ1n) is 3.55. The second-order valence-corrected chi connectivity index (χ2v) is 4.00. The molecule has 0 aliphatic heterocycles. The van der Waals surface area contributed by atoms with Gasteiger partial charge in [0, 0.05) is 11.9 Å². The van der Waals surface area contributed by atoms with Crippen LogP contribution in [0.25, 0.3) is 0 Å². The van der Waals surface area contributed by atoms with Gasteiger partial charge in [0.2, 0.25) is 0 Å². The maximum Gasteiger partial charge on any atom is 0.127 e. The number of hydrogen-bond acceptors (Lipinski definition) is 1. The summed E-state index contributed by atoms with van der Waals surface area (Å²) in [6, 6.07) is 0. The molecule has 10 heavy (non-hydrogen) atoms. The van der Waals surface area contributed by atoms with E-state index in [0.717, 1.165) is 12.8 Å². The molecule has 60 valence electrons. The highest BCUT2D eigenvalue weighted by Crippen LogP contribution is 2.28. The number of rotatable bonds is 1. The Morgan fingerprint density at radius 2 is 2.20 bits per heavy atom. The fourth-order valence-corrected chi connectivity index (χ4v) is 1.93. The van der Waals surface area contributed by atoms with Crippen LogP contribution in [0.4, 0.5) is 4.39 Å². The summed E-state index contributed by atoms with van der Waals surface area (Å²) in [6.07, 6.45) is 1.53. The first-order valence-corrected chi connectivity index (χ1v) is 4.46. The summed E-state index contributed by atoms with van der Waals surface area (Å²) in [5, 5.41) is 0. The summed E-state index contributed by atoms with van der Waals surface area (Å²) in [4.78, 5) is 0.355. The van der Waals surface area contributed by atoms with E-state index in [1.54, 1.807) is 7.11 Å². The van der Waals surface area contributed by atoms with Crippen molar-refractivity contribution in [2.75, 3.05) is 7.11 Å². The number of alkyl halides is 2. The molecule has 0 aromatic carbocycles. The zero-order valence-corrected chi connectivity index (χ0v) is 7.60. The molecule has 0 spiro atoms. The van der Waals surface area contributed by atoms with Gasteiger partial charge >= 0.3 is 0 Å². The van der Waals surface area contributed by atoms with E-state index in [-0.39, 0.29) is 6.10 Å². The molecule has 1 aliphatic carbocycles. The van der Waals surface area contributed by atoms with E-state index < -0.39 is 6.17 Å². The zero-order valence-electron chi connectivity index (χ0n) is 6.02. The van der Waals surface area contributed by atoms with Crippen molar-refractivity contribution in [1.82, 2.24) is 0 Å². The van der Waals surface area contributed by atoms with Crippen LogP contribution in [-0.2, 0) is 4.74 Å². The van der Waals surface area contributed by atoms with Gasteiger partial charge in [-0.05, 0) is 19.3 Å². The SMILES string of the molecule is COC1CCC(Br)CC1F. The third kappa shape index (κ3) is 1.92. The quantitative estimate of drug-likeness (QED) is 0.604. The van der Waals surface area contributed by atoms with E-state index in [1.807, 2.05) is 0 Å². The maximum atomic E-state index is 12.9. The van der Waals surface area contributed by atoms with E-state index in [0.29, 0.717) is 11.2 Å². The molecule has 1 fully saturated rings. The molecule has 0 saturated heterocycles. The molecule has 0 amide bonds. The van der Waals surface area contributed by atoms with Gasteiger partial charge < -0.3 is 4.74 Å². The van der Waals surface area contributed by atoms with Crippen LogP contribution in [0.5, 0.6) is 0 Å². The second-order valence-electron chi connectivity index (χ2n) is 2.70. The summed E-state index contributed by atoms with van der Waals surface area (Å²) in [7, 11) is 1.58. The molecule has 1 aliphatic rings. The minimum atomic E-state index is -0.775. The van der Waals surface area contributed by atoms with Gasteiger partial charge in [0.15, 0.2) is 0 Å². The highest BCUT2D eigenvalue weighted by Gasteiger charge is 2.28. The van der Waals surface area contributed by atoms with Crippen molar-refractivity contribution in [2.24, 2.45) is 0 Å². The molecule has 0 radical (unpaired) electrons. The van der Waals surface area contributed by atoms with Gasteiger partial charge in [0.25, 0.3) is 0 Å². The summed E-state index contributed by atoms with van der Waals surface area (Å²) in [6.45, 7) is 0. The number of hydrogen-bond donors (Lipinski definition) is 0. The Bertz CT molecular complexity index is 110. The van der Waals surface area contributed by atoms with E-state index in [4.69, 9.17) is 4.74 Å². The van der Waals surface area contributed by atoms with Crippen LogP contribution in [0.3, 0.4) is 0 Å². The summed E-state index contributed by atoms with van der Waals surface area (Å²) in [5.74, 6) is 0. The lowest BCUT2D eigenvalue weighted by Crippen LogP contribution is -2.32. The van der Waals surface area contributed by atoms with Crippen LogP contribution in [0.2, 0.25) is 0 Å². The third-order valence-corrected chi connectivity index (χ3v) is 2.78. The fourth-order valence-electron chi connectivity index (χ4n) is 1.31. The van der Waals surface area contributed by atoms with Crippen molar-refractivity contribution >= 4 is 15.9 Å². The molecular formula is C7H12BrFO. The van der Waals surface area contributed by atoms with Crippen LogP contribution in [0.1, 0.15) is 19.3 Å². The zero-order chi connectivity index (χ0) is 7.56. The van der Waals surface area contributed by atoms with Crippen molar-refractivity contribution in [3.05, 3.63) is 0 Å². The molecule has 0 heterocycles. The first kappa shape index (κ1) is 8.47. The number of ether oxygens (including phenoxy) is 1. The van der Waals surface area contributed by atoms with Crippen LogP contribution < -0.4 is 0 Å². The number of halogens is 2. The Kier molecular flexibility index (Phi) is 3.11. The predicted octanol–water partition coefficient (Wildman–Crippen LogP) is 2.29. The number of methoxy groups -OCH3 is 1. The standard InChI is InChI=1S/C7H12BrFO/c1-10-7-3-2-5(8)4-6(7)9/h5-7H,2-4H2,1H3. The predicted molar refractivity (Wildman–Crippen MR) is 42.3 cm³/mol. The van der Waals surface area contributed by atoms with Gasteiger partial charge in [-0.1, -0.05) is 15.9 Å². The monoisotopic (exact) mass is 210 g/mol. The molecular weight excluding hydrogens is 199 g/mol. The van der Waals surface area contributed by atoms with Gasteiger partial charge in [0.1, 0.15) is 6.17 Å². The van der Waals surface area contributed by atoms with Crippen molar-refractivity contribution < 1.29 is 9.13 Å². The Morgan fingerprint density at radius 3 is 2.70 bits per heavy atom. The average molecular weight is 211 g/mol. The molecule has 3 atom stereocenters. The molecule has 1 nitrogen and oxygen atoms in total. The maximum absolute atomic E-state index is 12.9. The molecule has 3 heteroatoms. The first-order chi connectivity index (χ1) is 4.74. The van der Waals surface area contributed by atoms with Gasteiger partial charge in [0.05, 0.1) is 6.10 Å². The topological polar surface area (TPSA) is 9.23 Å². The van der Waals surface area contributed by atoms with Gasteiger partial charge in [-0.3, -0.25) is 0 Å². The average Bonchev–Trinajstić information content (AvgIpc) is 1.88. The summed E-state index contributed by atoms with van der Waals surface area (Å²) >= 11 is 3.39. The third-order valence-electron chi connectivity index (χ3n) is 1.95. The molecule has 0 aromatic heterocycles. The van der Waals surface area contributed by atoms with Crippen molar-refractivity contribution in [1.29, 1.82) is 0 Å². The Labute approximate surface area is 69.1 Å². The van der Waals surface area contributed by atoms with Crippen molar-refractivity contribution in [3.8, 4) is 0 Å². The Balaban J connectivity index is 2.36. The van der Waals surface area contributed by atoms with Gasteiger partial charge in [-0.25, -0.2) is 4.39 Å². The molecule has 0 bridgehead atoms. The lowest BCUT2D eigenvalue weighted by molar-refractivity contribution is 0.00797. The van der Waals surface area contributed by atoms with Gasteiger partial charge in [-0.2, -0.15) is 0 Å². The lowest BCUT2D eigenvalue weighted by Gasteiger charge is -2.27. The largest absolute Gasteiger partial charge is 0.378 e. The van der Waals surface area contributed by atoms with Crippen molar-refractivity contribution in [3.63, 3.8) is 0 Å². The van der Waals surface area contributed by atoms with Gasteiger partial charge in [-0.15, -0.1) is 0 Å². The van der Waals surface area contributed by atoms with E-state index in [2.05, 4.69) is 15.9 Å². The summed E-state index contributed by atoms with van der Waals surface area (Å²) in [5.41, 5.74) is 0. The molecule has 1 rings (SSSR count). The molecule has 3 unspecified atom stereocenters. The Morgan fingerprint density at radius 1 is 1.50 bits per heavy atom. The molecule has 1 saturated carbocycles. The Hall–Kier alpha value is 0.370. The smallest absolute Gasteiger partial charge is 0.127 e. The minimum Gasteiger partial charge on any atom is -0.378 e. The lowest BCUT2D eigenvalue weighted by atomic mass is 9.96. The fraction of sp³-hybridized carbons (Fsp3) is 1.00. The van der Waals surface area contributed by atoms with E-state index in [1.165, 1.54) is 0 Å². The van der Waals surface area contributed by atoms with Crippen molar-refractivity contribution in [2.45, 2.75) is 36.4 Å². The van der Waals surface area contributed by atoms with Crippen LogP contribution in [0.15, 0.2) is 0 Å². The normalized spacial score (nSPS) is 41.7. The molecule has 0 N–H and O–H groups in total. The van der Waals surface area contributed by atoms with Crippen LogP contribution in [0, 0.1) is 0 Å². The molecule has 0 aromatic rings. The van der Waals surface area contributed by atoms with Crippen LogP contribution >= 0.6 is 15.9 Å². The summed E-state index contributed by atoms with van der Waals surface area (Å²) < 4.78 is 17.9.